The van der Waals surface area contributed by atoms with Crippen molar-refractivity contribution in [3.05, 3.63) is 150 Å². The summed E-state index contributed by atoms with van der Waals surface area (Å²) in [5.41, 5.74) is 2.74. The lowest BCUT2D eigenvalue weighted by molar-refractivity contribution is -0.271. The van der Waals surface area contributed by atoms with Crippen LogP contribution in [0.5, 0.6) is 23.0 Å². The number of methoxy groups -OCH3 is 1. The van der Waals surface area contributed by atoms with Gasteiger partial charge in [-0.1, -0.05) is 93.6 Å². The van der Waals surface area contributed by atoms with Crippen molar-refractivity contribution in [3.63, 3.8) is 0 Å². The first-order valence-electron chi connectivity index (χ1n) is 34.0. The molecule has 5 heterocycles. The van der Waals surface area contributed by atoms with Gasteiger partial charge in [-0.15, -0.1) is 0 Å². The van der Waals surface area contributed by atoms with E-state index in [1.807, 2.05) is 36.4 Å². The highest BCUT2D eigenvalue weighted by molar-refractivity contribution is 6.99. The molecule has 7 amide bonds. The molecule has 2 saturated heterocycles. The summed E-state index contributed by atoms with van der Waals surface area (Å²) in [5.74, 6) is -5.51. The maximum atomic E-state index is 14.7. The Kier molecular flexibility index (Phi) is 26.0. The van der Waals surface area contributed by atoms with E-state index >= 15 is 0 Å². The summed E-state index contributed by atoms with van der Waals surface area (Å²) in [4.78, 5) is 115. The van der Waals surface area contributed by atoms with Gasteiger partial charge in [0.25, 0.3) is 37.9 Å². The minimum atomic E-state index is -2.79. The van der Waals surface area contributed by atoms with Gasteiger partial charge >= 0.3 is 12.1 Å². The van der Waals surface area contributed by atoms with E-state index in [4.69, 9.17) is 42.4 Å². The number of carbonyl (C=O) groups excluding carboxylic acids is 7. The lowest BCUT2D eigenvalue weighted by atomic mass is 9.99. The van der Waals surface area contributed by atoms with Gasteiger partial charge in [0.2, 0.25) is 12.2 Å². The summed E-state index contributed by atoms with van der Waals surface area (Å²) in [6, 6.07) is 29.0. The zero-order valence-electron chi connectivity index (χ0n) is 59.9. The van der Waals surface area contributed by atoms with Crippen LogP contribution in [0.15, 0.2) is 128 Å². The van der Waals surface area contributed by atoms with Gasteiger partial charge in [-0.05, 0) is 91.8 Å². The number of hydrogen-bond acceptors (Lipinski definition) is 21. The van der Waals surface area contributed by atoms with E-state index in [1.165, 1.54) is 42.3 Å². The van der Waals surface area contributed by atoms with Gasteiger partial charge in [-0.25, -0.2) is 9.59 Å². The third-order valence-electron chi connectivity index (χ3n) is 17.4. The summed E-state index contributed by atoms with van der Waals surface area (Å²) >= 11 is 0. The average molecular weight is 1470 g/mol. The number of carbonyl (C=O) groups is 8. The number of anilines is 3. The molecule has 4 aromatic carbocycles. The van der Waals surface area contributed by atoms with Crippen LogP contribution in [-0.2, 0) is 52.0 Å². The SMILES string of the molecule is C=C1C[C@H]2C(O)N(C(=O)COc3ccc(O[C@@H]4O[C@H](C(=O)O)[C@@H](O)[C@H](O)[C@H]4O)c(C(=O)NCCOCCONC(=O)OC(C)(C)C)c3)c3cc(OCCCNC(=O)c4cc(NC(=O)c5cc(NC(=O)CCCO[Si](c6ccccc6)(c6ccccc6)C(C)(C)C)cn5C)cn4C)c(OC)cc3C(=O)N2C1. The molecule has 2 aromatic heterocycles. The lowest BCUT2D eigenvalue weighted by Gasteiger charge is -2.43. The molecule has 32 heteroatoms. The van der Waals surface area contributed by atoms with Crippen LogP contribution in [0.2, 0.25) is 5.04 Å². The molecule has 564 valence electrons. The Bertz CT molecular complexity index is 4080. The number of hydroxylamine groups is 1. The Labute approximate surface area is 607 Å². The van der Waals surface area contributed by atoms with E-state index in [9.17, 15) is 63.9 Å². The molecule has 1 unspecified atom stereocenters. The van der Waals surface area contributed by atoms with Crippen LogP contribution in [0, 0.1) is 0 Å². The Morgan fingerprint density at radius 3 is 1.97 bits per heavy atom. The second kappa shape index (κ2) is 34.6. The van der Waals surface area contributed by atoms with E-state index in [0.29, 0.717) is 30.0 Å². The highest BCUT2D eigenvalue weighted by Gasteiger charge is 2.51. The molecule has 2 fully saturated rings. The first-order chi connectivity index (χ1) is 49.9. The molecule has 31 nitrogen and oxygen atoms in total. The van der Waals surface area contributed by atoms with Crippen molar-refractivity contribution in [3.8, 4) is 23.0 Å². The number of aryl methyl sites for hydroxylation is 2. The molecule has 9 rings (SSSR count). The van der Waals surface area contributed by atoms with Crippen molar-refractivity contribution in [1.82, 2.24) is 30.1 Å². The number of fused-ring (bicyclic) bond motifs is 2. The highest BCUT2D eigenvalue weighted by atomic mass is 28.4. The molecule has 0 spiro atoms. The number of rotatable bonds is 31. The van der Waals surface area contributed by atoms with Gasteiger partial charge in [0, 0.05) is 65.2 Å². The number of aromatic nitrogens is 2. The number of amides is 7. The maximum Gasteiger partial charge on any atom is 0.431 e. The van der Waals surface area contributed by atoms with Gasteiger partial charge in [-0.2, -0.15) is 5.48 Å². The molecule has 0 aliphatic carbocycles. The molecule has 10 N–H and O–H groups in total. The van der Waals surface area contributed by atoms with Crippen molar-refractivity contribution >= 4 is 83.3 Å². The van der Waals surface area contributed by atoms with Crippen LogP contribution < -0.4 is 61.0 Å². The first-order valence-corrected chi connectivity index (χ1v) is 35.9. The van der Waals surface area contributed by atoms with Gasteiger partial charge in [0.1, 0.15) is 46.8 Å². The van der Waals surface area contributed by atoms with E-state index in [1.54, 1.807) is 62.5 Å². The minimum absolute atomic E-state index is 0.0328. The Balaban J connectivity index is 0.807. The first kappa shape index (κ1) is 79.0. The summed E-state index contributed by atoms with van der Waals surface area (Å²) in [7, 11) is 1.88. The largest absolute Gasteiger partial charge is 0.493 e. The fourth-order valence-electron chi connectivity index (χ4n) is 12.5. The second-order valence-electron chi connectivity index (χ2n) is 27.3. The molecular formula is C73H91N9O22Si. The Morgan fingerprint density at radius 1 is 0.686 bits per heavy atom. The number of aliphatic hydroxyl groups is 4. The number of ether oxygens (including phenoxy) is 7. The van der Waals surface area contributed by atoms with E-state index in [0.717, 1.165) is 21.3 Å². The number of benzene rings is 4. The quantitative estimate of drug-likeness (QED) is 0.0127. The number of hydrogen-bond donors (Lipinski definition) is 10. The lowest BCUT2D eigenvalue weighted by Crippen LogP contribution is -2.66. The van der Waals surface area contributed by atoms with Crippen molar-refractivity contribution in [1.29, 1.82) is 0 Å². The molecule has 3 aliphatic heterocycles. The van der Waals surface area contributed by atoms with Crippen LogP contribution in [0.3, 0.4) is 0 Å². The average Bonchev–Trinajstić information content (AvgIpc) is 1.17. The standard InChI is InChI=1S/C73H91N9O22Si/c1-43-33-54-68(92)82(59(84)42-99-46-24-25-55(102-70-62(87)60(85)61(86)63(103-70)69(93)94)50(36-46)64(88)75-27-30-97-31-32-100-78-71(95)104-72(2,3)4)51-38-57(56(96-10)37-49(51)67(91)81(54)39-43)98-28-18-26-74-65(89)52-35-45(41-79(52)8)77-66(90)53-34-44(40-80(53)9)76-58(83)23-17-29-101-105(73(5,6)7,47-19-13-11-14-20-47)48-21-15-12-16-22-48/h11-16,19-22,24-25,34-38,40-41,54,60-63,68,70,85-87,92H,1,17-18,23,26-33,39,42H2,2-10H3,(H,74,89)(H,75,88)(H,76,83)(H,77,90)(H,78,95)(H,93,94)/t54-,60-,61-,62+,63-,68?,70+/m0/s1. The number of carboxylic acid groups (broad SMARTS) is 1. The predicted molar refractivity (Wildman–Crippen MR) is 383 cm³/mol. The van der Waals surface area contributed by atoms with Crippen molar-refractivity contribution in [2.75, 3.05) is 81.9 Å². The van der Waals surface area contributed by atoms with E-state index < -0.39 is 105 Å². The van der Waals surface area contributed by atoms with E-state index in [-0.39, 0.29) is 127 Å². The van der Waals surface area contributed by atoms with Crippen LogP contribution in [0.4, 0.5) is 21.9 Å². The molecule has 105 heavy (non-hydrogen) atoms. The molecule has 6 aromatic rings. The fraction of sp³-hybridized carbons (Fsp3) is 0.425. The van der Waals surface area contributed by atoms with Crippen molar-refractivity contribution < 1.29 is 106 Å². The third kappa shape index (κ3) is 19.2. The van der Waals surface area contributed by atoms with Gasteiger partial charge in [0.15, 0.2) is 30.4 Å². The van der Waals surface area contributed by atoms with Gasteiger partial charge in [0.05, 0.1) is 67.8 Å². The summed E-state index contributed by atoms with van der Waals surface area (Å²) < 4.78 is 49.6. The molecule has 0 bridgehead atoms. The molecular weight excluding hydrogens is 1380 g/mol. The molecule has 0 radical (unpaired) electrons. The zero-order chi connectivity index (χ0) is 76.1. The number of nitrogens with one attached hydrogen (secondary N) is 5. The smallest absolute Gasteiger partial charge is 0.431 e. The van der Waals surface area contributed by atoms with Gasteiger partial charge in [-0.3, -0.25) is 38.5 Å². The summed E-state index contributed by atoms with van der Waals surface area (Å²) in [5, 5.41) is 66.7. The van der Waals surface area contributed by atoms with Crippen LogP contribution in [0.1, 0.15) is 109 Å². The fourth-order valence-corrected chi connectivity index (χ4v) is 17.1. The van der Waals surface area contributed by atoms with Crippen molar-refractivity contribution in [2.45, 2.75) is 121 Å². The van der Waals surface area contributed by atoms with Crippen molar-refractivity contribution in [2.24, 2.45) is 14.1 Å². The zero-order valence-corrected chi connectivity index (χ0v) is 60.9. The summed E-state index contributed by atoms with van der Waals surface area (Å²) in [6.07, 6.45) is -8.39. The highest BCUT2D eigenvalue weighted by Crippen LogP contribution is 2.43. The van der Waals surface area contributed by atoms with Crippen LogP contribution >= 0.6 is 0 Å². The molecule has 3 aliphatic rings. The normalized spacial score (nSPS) is 18.8. The Morgan fingerprint density at radius 2 is 1.33 bits per heavy atom. The summed E-state index contributed by atoms with van der Waals surface area (Å²) in [6.45, 7) is 15.0. The van der Waals surface area contributed by atoms with Crippen LogP contribution in [-0.4, -0.2) is 210 Å². The predicted octanol–water partition coefficient (Wildman–Crippen LogP) is 4.11. The van der Waals surface area contributed by atoms with Gasteiger partial charge < -0.3 is 98.4 Å². The van der Waals surface area contributed by atoms with Crippen LogP contribution in [0.25, 0.3) is 0 Å². The molecule has 0 saturated carbocycles. The Hall–Kier alpha value is -10.2. The number of aliphatic carboxylic acids is 1. The number of nitrogens with zero attached hydrogens (tertiary/aromatic N) is 4. The number of aliphatic hydroxyl groups excluding tert-OH is 4. The topological polar surface area (TPSA) is 397 Å². The third-order valence-corrected chi connectivity index (χ3v) is 22.4. The minimum Gasteiger partial charge on any atom is -0.493 e. The monoisotopic (exact) mass is 1470 g/mol. The maximum absolute atomic E-state index is 14.7. The molecule has 7 atom stereocenters. The van der Waals surface area contributed by atoms with E-state index in [2.05, 4.69) is 78.4 Å². The second-order valence-corrected chi connectivity index (χ2v) is 31.6. The number of carboxylic acids is 1.